The van der Waals surface area contributed by atoms with Crippen molar-refractivity contribution in [2.45, 2.75) is 37.2 Å². The minimum Gasteiger partial charge on any atom is -0.445 e. The van der Waals surface area contributed by atoms with Gasteiger partial charge in [-0.25, -0.2) is 4.79 Å². The first kappa shape index (κ1) is 19.0. The van der Waals surface area contributed by atoms with E-state index in [9.17, 15) is 14.9 Å². The van der Waals surface area contributed by atoms with Crippen LogP contribution in [-0.4, -0.2) is 58.8 Å². The lowest BCUT2D eigenvalue weighted by molar-refractivity contribution is -0.384. The molecule has 0 aliphatic carbocycles. The number of hydrogen-bond acceptors (Lipinski definition) is 6. The summed E-state index contributed by atoms with van der Waals surface area (Å²) in [6.07, 6.45) is 2.77. The van der Waals surface area contributed by atoms with E-state index in [2.05, 4.69) is 24.6 Å². The number of benzene rings is 1. The first-order valence-corrected chi connectivity index (χ1v) is 9.49. The highest BCUT2D eigenvalue weighted by Crippen LogP contribution is 2.33. The SMILES string of the molecule is CN1CCC(C2CC(S)CN2C(=O)OCc2ccc([N+](=O)[O-])cc2)CC1. The highest BCUT2D eigenvalue weighted by Gasteiger charge is 2.40. The standard InChI is InChI=1S/C18H25N3O4S/c1-19-8-6-14(7-9-19)17-10-16(26)11-20(17)18(22)25-12-13-2-4-15(5-3-13)21(23)24/h2-5,14,16-17,26H,6-12H2,1H3. The van der Waals surface area contributed by atoms with Gasteiger partial charge in [-0.1, -0.05) is 0 Å². The van der Waals surface area contributed by atoms with Gasteiger partial charge in [-0.3, -0.25) is 10.1 Å². The highest BCUT2D eigenvalue weighted by atomic mass is 32.1. The maximum absolute atomic E-state index is 12.6. The van der Waals surface area contributed by atoms with Gasteiger partial charge in [-0.2, -0.15) is 12.6 Å². The zero-order valence-corrected chi connectivity index (χ0v) is 15.8. The third kappa shape index (κ3) is 4.48. The molecule has 1 aromatic rings. The molecule has 0 spiro atoms. The van der Waals surface area contributed by atoms with Crippen LogP contribution >= 0.6 is 12.6 Å². The molecule has 142 valence electrons. The maximum Gasteiger partial charge on any atom is 0.410 e. The molecule has 0 aromatic heterocycles. The fourth-order valence-electron chi connectivity index (χ4n) is 3.86. The van der Waals surface area contributed by atoms with Crippen molar-refractivity contribution in [2.75, 3.05) is 26.7 Å². The van der Waals surface area contributed by atoms with Gasteiger partial charge in [0.2, 0.25) is 0 Å². The van der Waals surface area contributed by atoms with Crippen molar-refractivity contribution in [3.8, 4) is 0 Å². The van der Waals surface area contributed by atoms with Crippen LogP contribution in [0.5, 0.6) is 0 Å². The van der Waals surface area contributed by atoms with Crippen molar-refractivity contribution >= 4 is 24.4 Å². The molecule has 2 heterocycles. The molecule has 2 atom stereocenters. The third-order valence-corrected chi connectivity index (χ3v) is 5.75. The molecule has 2 aliphatic heterocycles. The van der Waals surface area contributed by atoms with E-state index >= 15 is 0 Å². The molecular formula is C18H25N3O4S. The van der Waals surface area contributed by atoms with E-state index < -0.39 is 4.92 Å². The van der Waals surface area contributed by atoms with Gasteiger partial charge < -0.3 is 14.5 Å². The summed E-state index contributed by atoms with van der Waals surface area (Å²) in [5.74, 6) is 0.496. The van der Waals surface area contributed by atoms with E-state index in [1.165, 1.54) is 12.1 Å². The Balaban J connectivity index is 1.57. The topological polar surface area (TPSA) is 75.9 Å². The smallest absolute Gasteiger partial charge is 0.410 e. The first-order valence-electron chi connectivity index (χ1n) is 8.97. The van der Waals surface area contributed by atoms with Gasteiger partial charge in [0.05, 0.1) is 4.92 Å². The van der Waals surface area contributed by atoms with E-state index in [4.69, 9.17) is 4.74 Å². The second-order valence-electron chi connectivity index (χ2n) is 7.23. The molecule has 2 fully saturated rings. The Bertz CT molecular complexity index is 646. The van der Waals surface area contributed by atoms with Crippen LogP contribution in [0.1, 0.15) is 24.8 Å². The monoisotopic (exact) mass is 379 g/mol. The van der Waals surface area contributed by atoms with Gasteiger partial charge in [-0.15, -0.1) is 0 Å². The minimum atomic E-state index is -0.445. The molecule has 2 saturated heterocycles. The Hall–Kier alpha value is -1.80. The van der Waals surface area contributed by atoms with E-state index in [-0.39, 0.29) is 29.7 Å². The van der Waals surface area contributed by atoms with Gasteiger partial charge >= 0.3 is 6.09 Å². The minimum absolute atomic E-state index is 0.0277. The molecule has 2 unspecified atom stereocenters. The summed E-state index contributed by atoms with van der Waals surface area (Å²) in [6, 6.07) is 6.26. The van der Waals surface area contributed by atoms with Crippen molar-refractivity contribution in [2.24, 2.45) is 5.92 Å². The van der Waals surface area contributed by atoms with Gasteiger partial charge in [0.25, 0.3) is 5.69 Å². The molecule has 7 nitrogen and oxygen atoms in total. The van der Waals surface area contributed by atoms with E-state index in [1.807, 2.05) is 4.90 Å². The summed E-state index contributed by atoms with van der Waals surface area (Å²) in [5.41, 5.74) is 0.765. The zero-order chi connectivity index (χ0) is 18.7. The fourth-order valence-corrected chi connectivity index (χ4v) is 4.25. The number of rotatable bonds is 4. The number of non-ortho nitro benzene ring substituents is 1. The van der Waals surface area contributed by atoms with E-state index in [0.29, 0.717) is 12.5 Å². The van der Waals surface area contributed by atoms with Crippen LogP contribution in [0.4, 0.5) is 10.5 Å². The van der Waals surface area contributed by atoms with Crippen LogP contribution < -0.4 is 0 Å². The lowest BCUT2D eigenvalue weighted by Crippen LogP contribution is -2.44. The molecule has 0 radical (unpaired) electrons. The summed E-state index contributed by atoms with van der Waals surface area (Å²) in [4.78, 5) is 27.0. The molecule has 0 bridgehead atoms. The number of nitro groups is 1. The third-order valence-electron chi connectivity index (χ3n) is 5.37. The number of carbonyl (C=O) groups excluding carboxylic acids is 1. The second kappa shape index (κ2) is 8.26. The van der Waals surface area contributed by atoms with Crippen LogP contribution in [0.3, 0.4) is 0 Å². The number of carbonyl (C=O) groups is 1. The molecule has 8 heteroatoms. The van der Waals surface area contributed by atoms with Gasteiger partial charge in [0.1, 0.15) is 6.61 Å². The van der Waals surface area contributed by atoms with Crippen molar-refractivity contribution in [3.05, 3.63) is 39.9 Å². The predicted octanol–water partition coefficient (Wildman–Crippen LogP) is 2.95. The zero-order valence-electron chi connectivity index (χ0n) is 14.9. The average molecular weight is 379 g/mol. The highest BCUT2D eigenvalue weighted by molar-refractivity contribution is 7.81. The van der Waals surface area contributed by atoms with Crippen molar-refractivity contribution < 1.29 is 14.5 Å². The summed E-state index contributed by atoms with van der Waals surface area (Å²) in [6.45, 7) is 2.85. The Morgan fingerprint density at radius 1 is 1.31 bits per heavy atom. The number of nitrogens with zero attached hydrogens (tertiary/aromatic N) is 3. The molecule has 3 rings (SSSR count). The maximum atomic E-state index is 12.6. The molecule has 0 N–H and O–H groups in total. The predicted molar refractivity (Wildman–Crippen MR) is 101 cm³/mol. The van der Waals surface area contributed by atoms with Crippen LogP contribution in [0.15, 0.2) is 24.3 Å². The number of likely N-dealkylation sites (tertiary alicyclic amines) is 2. The molecule has 1 aromatic carbocycles. The molecule has 0 saturated carbocycles. The van der Waals surface area contributed by atoms with Crippen LogP contribution in [-0.2, 0) is 11.3 Å². The largest absolute Gasteiger partial charge is 0.445 e. The lowest BCUT2D eigenvalue weighted by Gasteiger charge is -2.36. The summed E-state index contributed by atoms with van der Waals surface area (Å²) in [5, 5.41) is 10.9. The Morgan fingerprint density at radius 2 is 1.96 bits per heavy atom. The summed E-state index contributed by atoms with van der Waals surface area (Å²) >= 11 is 4.59. The van der Waals surface area contributed by atoms with Crippen LogP contribution in [0.2, 0.25) is 0 Å². The number of nitro benzene ring substituents is 1. The number of piperidine rings is 1. The first-order chi connectivity index (χ1) is 12.4. The molecular weight excluding hydrogens is 354 g/mol. The van der Waals surface area contributed by atoms with Gasteiger partial charge in [0, 0.05) is 30.0 Å². The van der Waals surface area contributed by atoms with Gasteiger partial charge in [-0.05, 0) is 63.0 Å². The van der Waals surface area contributed by atoms with Crippen molar-refractivity contribution in [1.82, 2.24) is 9.80 Å². The Morgan fingerprint density at radius 3 is 2.58 bits per heavy atom. The normalized spacial score (nSPS) is 24.6. The van der Waals surface area contributed by atoms with Gasteiger partial charge in [0.15, 0.2) is 0 Å². The van der Waals surface area contributed by atoms with E-state index in [1.54, 1.807) is 12.1 Å². The van der Waals surface area contributed by atoms with Crippen molar-refractivity contribution in [1.29, 1.82) is 0 Å². The quantitative estimate of drug-likeness (QED) is 0.494. The molecule has 2 aliphatic rings. The van der Waals surface area contributed by atoms with Crippen LogP contribution in [0.25, 0.3) is 0 Å². The number of ether oxygens (including phenoxy) is 1. The lowest BCUT2D eigenvalue weighted by atomic mass is 9.88. The summed E-state index contributed by atoms with van der Waals surface area (Å²) in [7, 11) is 2.13. The van der Waals surface area contributed by atoms with Crippen molar-refractivity contribution in [3.63, 3.8) is 0 Å². The van der Waals surface area contributed by atoms with Crippen LogP contribution in [0, 0.1) is 16.0 Å². The Kier molecular flexibility index (Phi) is 6.03. The van der Waals surface area contributed by atoms with E-state index in [0.717, 1.165) is 37.9 Å². The molecule has 26 heavy (non-hydrogen) atoms. The second-order valence-corrected chi connectivity index (χ2v) is 7.96. The fraction of sp³-hybridized carbons (Fsp3) is 0.611. The average Bonchev–Trinajstić information content (AvgIpc) is 3.02. The summed E-state index contributed by atoms with van der Waals surface area (Å²) < 4.78 is 5.48. The number of hydrogen-bond donors (Lipinski definition) is 1. The number of thiol groups is 1. The molecule has 1 amide bonds. The number of amides is 1. The Labute approximate surface area is 158 Å².